The van der Waals surface area contributed by atoms with Gasteiger partial charge in [0.05, 0.1) is 13.2 Å². The van der Waals surface area contributed by atoms with Crippen molar-refractivity contribution in [1.82, 2.24) is 9.80 Å². The van der Waals surface area contributed by atoms with E-state index in [0.717, 1.165) is 32.5 Å². The molecule has 1 rings (SSSR count). The summed E-state index contributed by atoms with van der Waals surface area (Å²) >= 11 is 0. The van der Waals surface area contributed by atoms with E-state index < -0.39 is 5.97 Å². The molecular formula is C14H28N2O3. The predicted octanol–water partition coefficient (Wildman–Crippen LogP) is 1.14. The van der Waals surface area contributed by atoms with Crippen molar-refractivity contribution in [3.8, 4) is 0 Å². The molecule has 0 amide bonds. The van der Waals surface area contributed by atoms with Crippen LogP contribution in [0.5, 0.6) is 0 Å². The summed E-state index contributed by atoms with van der Waals surface area (Å²) in [5.41, 5.74) is 0. The van der Waals surface area contributed by atoms with Crippen LogP contribution < -0.4 is 0 Å². The molecule has 0 saturated carbocycles. The van der Waals surface area contributed by atoms with E-state index in [1.54, 1.807) is 7.11 Å². The molecule has 0 bridgehead atoms. The number of likely N-dealkylation sites (tertiary alicyclic amines) is 1. The van der Waals surface area contributed by atoms with Gasteiger partial charge in [-0.15, -0.1) is 0 Å². The SMILES string of the molecule is COCCN(CC(=O)O)C1CCN(CC(C)C)CC1. The van der Waals surface area contributed by atoms with Gasteiger partial charge in [-0.2, -0.15) is 0 Å². The molecule has 1 heterocycles. The quantitative estimate of drug-likeness (QED) is 0.718. The Bertz CT molecular complexity index is 263. The summed E-state index contributed by atoms with van der Waals surface area (Å²) in [6.45, 7) is 9.19. The second-order valence-corrected chi connectivity index (χ2v) is 5.78. The van der Waals surface area contributed by atoms with Crippen molar-refractivity contribution in [1.29, 1.82) is 0 Å². The average molecular weight is 272 g/mol. The molecule has 0 aromatic rings. The van der Waals surface area contributed by atoms with Crippen LogP contribution in [0.3, 0.4) is 0 Å². The van der Waals surface area contributed by atoms with Crippen LogP contribution in [0.15, 0.2) is 0 Å². The Morgan fingerprint density at radius 3 is 2.53 bits per heavy atom. The van der Waals surface area contributed by atoms with Crippen molar-refractivity contribution < 1.29 is 14.6 Å². The van der Waals surface area contributed by atoms with E-state index >= 15 is 0 Å². The van der Waals surface area contributed by atoms with Crippen molar-refractivity contribution in [3.05, 3.63) is 0 Å². The van der Waals surface area contributed by atoms with Crippen LogP contribution in [0.4, 0.5) is 0 Å². The van der Waals surface area contributed by atoms with Crippen LogP contribution in [-0.2, 0) is 9.53 Å². The molecule has 112 valence electrons. The molecule has 19 heavy (non-hydrogen) atoms. The molecule has 5 heteroatoms. The van der Waals surface area contributed by atoms with Crippen LogP contribution in [0.25, 0.3) is 0 Å². The van der Waals surface area contributed by atoms with Gasteiger partial charge in [-0.25, -0.2) is 0 Å². The fraction of sp³-hybridized carbons (Fsp3) is 0.929. The first kappa shape index (κ1) is 16.4. The minimum Gasteiger partial charge on any atom is -0.480 e. The molecule has 0 unspecified atom stereocenters. The lowest BCUT2D eigenvalue weighted by Gasteiger charge is -2.38. The number of rotatable bonds is 8. The van der Waals surface area contributed by atoms with Gasteiger partial charge in [-0.3, -0.25) is 9.69 Å². The largest absolute Gasteiger partial charge is 0.480 e. The third kappa shape index (κ3) is 6.36. The molecule has 1 saturated heterocycles. The number of aliphatic carboxylic acids is 1. The van der Waals surface area contributed by atoms with Gasteiger partial charge >= 0.3 is 5.97 Å². The lowest BCUT2D eigenvalue weighted by Crippen LogP contribution is -2.48. The van der Waals surface area contributed by atoms with Crippen LogP contribution in [-0.4, -0.2) is 73.4 Å². The van der Waals surface area contributed by atoms with Crippen molar-refractivity contribution >= 4 is 5.97 Å². The first-order valence-corrected chi connectivity index (χ1v) is 7.20. The highest BCUT2D eigenvalue weighted by atomic mass is 16.5. The number of hydrogen-bond acceptors (Lipinski definition) is 4. The number of nitrogens with zero attached hydrogens (tertiary/aromatic N) is 2. The first-order valence-electron chi connectivity index (χ1n) is 7.20. The maximum absolute atomic E-state index is 10.9. The predicted molar refractivity (Wildman–Crippen MR) is 75.4 cm³/mol. The maximum Gasteiger partial charge on any atom is 0.317 e. The van der Waals surface area contributed by atoms with E-state index in [-0.39, 0.29) is 6.54 Å². The zero-order valence-corrected chi connectivity index (χ0v) is 12.5. The standard InChI is InChI=1S/C14H28N2O3/c1-12(2)10-15-6-4-13(5-7-15)16(8-9-19-3)11-14(17)18/h12-13H,4-11H2,1-3H3,(H,17,18). The van der Waals surface area contributed by atoms with E-state index in [1.165, 1.54) is 0 Å². The number of ether oxygens (including phenoxy) is 1. The normalized spacial score (nSPS) is 18.4. The lowest BCUT2D eigenvalue weighted by molar-refractivity contribution is -0.139. The summed E-state index contributed by atoms with van der Waals surface area (Å²) < 4.78 is 5.07. The van der Waals surface area contributed by atoms with Gasteiger partial charge in [-0.1, -0.05) is 13.8 Å². The maximum atomic E-state index is 10.9. The second-order valence-electron chi connectivity index (χ2n) is 5.78. The molecule has 1 fully saturated rings. The summed E-state index contributed by atoms with van der Waals surface area (Å²) in [4.78, 5) is 15.5. The average Bonchev–Trinajstić information content (AvgIpc) is 2.34. The Balaban J connectivity index is 2.41. The highest BCUT2D eigenvalue weighted by molar-refractivity contribution is 5.69. The highest BCUT2D eigenvalue weighted by Gasteiger charge is 2.25. The zero-order valence-electron chi connectivity index (χ0n) is 12.5. The third-order valence-electron chi connectivity index (χ3n) is 3.62. The Morgan fingerprint density at radius 1 is 1.42 bits per heavy atom. The fourth-order valence-corrected chi connectivity index (χ4v) is 2.76. The van der Waals surface area contributed by atoms with E-state index in [0.29, 0.717) is 25.1 Å². The van der Waals surface area contributed by atoms with Crippen LogP contribution in [0.1, 0.15) is 26.7 Å². The molecule has 1 aliphatic rings. The highest BCUT2D eigenvalue weighted by Crippen LogP contribution is 2.17. The molecule has 0 aromatic carbocycles. The van der Waals surface area contributed by atoms with Gasteiger partial charge in [0, 0.05) is 26.2 Å². The van der Waals surface area contributed by atoms with Crippen molar-refractivity contribution in [3.63, 3.8) is 0 Å². The number of carbonyl (C=O) groups is 1. The first-order chi connectivity index (χ1) is 9.02. The van der Waals surface area contributed by atoms with Crippen molar-refractivity contribution in [2.24, 2.45) is 5.92 Å². The van der Waals surface area contributed by atoms with Gasteiger partial charge < -0.3 is 14.7 Å². The summed E-state index contributed by atoms with van der Waals surface area (Å²) in [5, 5.41) is 8.99. The molecule has 0 radical (unpaired) electrons. The van der Waals surface area contributed by atoms with Crippen molar-refractivity contribution in [2.75, 3.05) is 46.4 Å². The Morgan fingerprint density at radius 2 is 2.05 bits per heavy atom. The monoisotopic (exact) mass is 272 g/mol. The summed E-state index contributed by atoms with van der Waals surface area (Å²) in [6.07, 6.45) is 2.12. The van der Waals surface area contributed by atoms with E-state index in [1.807, 2.05) is 0 Å². The Labute approximate surface area is 116 Å². The van der Waals surface area contributed by atoms with Gasteiger partial charge in [-0.05, 0) is 31.8 Å². The van der Waals surface area contributed by atoms with E-state index in [9.17, 15) is 4.79 Å². The molecular weight excluding hydrogens is 244 g/mol. The number of piperidine rings is 1. The second kappa shape index (κ2) is 8.51. The van der Waals surface area contributed by atoms with Crippen LogP contribution in [0.2, 0.25) is 0 Å². The molecule has 0 aromatic heterocycles. The number of hydrogen-bond donors (Lipinski definition) is 1. The summed E-state index contributed by atoms with van der Waals surface area (Å²) in [6, 6.07) is 0.384. The molecule has 0 aliphatic carbocycles. The minimum absolute atomic E-state index is 0.123. The third-order valence-corrected chi connectivity index (χ3v) is 3.62. The summed E-state index contributed by atoms with van der Waals surface area (Å²) in [5.74, 6) is -0.0547. The van der Waals surface area contributed by atoms with Crippen LogP contribution in [0, 0.1) is 5.92 Å². The zero-order chi connectivity index (χ0) is 14.3. The van der Waals surface area contributed by atoms with Crippen molar-refractivity contribution in [2.45, 2.75) is 32.7 Å². The van der Waals surface area contributed by atoms with Crippen LogP contribution >= 0.6 is 0 Å². The van der Waals surface area contributed by atoms with Gasteiger partial charge in [0.2, 0.25) is 0 Å². The molecule has 1 aliphatic heterocycles. The number of carboxylic acid groups (broad SMARTS) is 1. The number of methoxy groups -OCH3 is 1. The minimum atomic E-state index is -0.749. The molecule has 1 N–H and O–H groups in total. The summed E-state index contributed by atoms with van der Waals surface area (Å²) in [7, 11) is 1.66. The topological polar surface area (TPSA) is 53.0 Å². The van der Waals surface area contributed by atoms with Gasteiger partial charge in [0.15, 0.2) is 0 Å². The fourth-order valence-electron chi connectivity index (χ4n) is 2.76. The van der Waals surface area contributed by atoms with E-state index in [4.69, 9.17) is 9.84 Å². The molecule has 0 spiro atoms. The van der Waals surface area contributed by atoms with Gasteiger partial charge in [0.1, 0.15) is 0 Å². The smallest absolute Gasteiger partial charge is 0.317 e. The molecule has 5 nitrogen and oxygen atoms in total. The number of carboxylic acids is 1. The Kier molecular flexibility index (Phi) is 7.34. The Hall–Kier alpha value is -0.650. The molecule has 0 atom stereocenters. The van der Waals surface area contributed by atoms with Gasteiger partial charge in [0.25, 0.3) is 0 Å². The van der Waals surface area contributed by atoms with E-state index in [2.05, 4.69) is 23.6 Å². The lowest BCUT2D eigenvalue weighted by atomic mass is 10.0.